The van der Waals surface area contributed by atoms with Gasteiger partial charge in [0, 0.05) is 19.6 Å². The van der Waals surface area contributed by atoms with Crippen molar-refractivity contribution < 1.29 is 9.50 Å². The van der Waals surface area contributed by atoms with Crippen LogP contribution in [0.3, 0.4) is 0 Å². The SMILES string of the molecule is OC(Cc1ccc(I)cc1)c1cc2cc(F)ccc2s1. The molecule has 3 aromatic rings. The Balaban J connectivity index is 1.84. The fraction of sp³-hybridized carbons (Fsp3) is 0.125. The summed E-state index contributed by atoms with van der Waals surface area (Å²) in [5.74, 6) is -0.242. The maximum atomic E-state index is 13.2. The standard InChI is InChI=1S/C16H12FIOS/c17-12-3-6-15-11(8-12)9-16(20-15)14(19)7-10-1-4-13(18)5-2-10/h1-6,8-9,14,19H,7H2. The van der Waals surface area contributed by atoms with Gasteiger partial charge in [-0.2, -0.15) is 0 Å². The number of thiophene rings is 1. The number of halogens is 2. The molecule has 1 unspecified atom stereocenters. The van der Waals surface area contributed by atoms with Gasteiger partial charge in [0.05, 0.1) is 6.10 Å². The number of benzene rings is 2. The molecule has 1 N–H and O–H groups in total. The highest BCUT2D eigenvalue weighted by Crippen LogP contribution is 2.32. The number of hydrogen-bond donors (Lipinski definition) is 1. The highest BCUT2D eigenvalue weighted by atomic mass is 127. The van der Waals surface area contributed by atoms with E-state index in [1.165, 1.54) is 27.0 Å². The fourth-order valence-corrected chi connectivity index (χ4v) is 3.53. The van der Waals surface area contributed by atoms with Crippen LogP contribution >= 0.6 is 33.9 Å². The van der Waals surface area contributed by atoms with E-state index in [9.17, 15) is 9.50 Å². The molecule has 0 radical (unpaired) electrons. The summed E-state index contributed by atoms with van der Waals surface area (Å²) in [4.78, 5) is 0.879. The molecule has 0 aliphatic heterocycles. The molecule has 0 fully saturated rings. The maximum absolute atomic E-state index is 13.2. The molecule has 0 amide bonds. The molecule has 1 atom stereocenters. The summed E-state index contributed by atoms with van der Waals surface area (Å²) in [5.41, 5.74) is 1.10. The van der Waals surface area contributed by atoms with Gasteiger partial charge in [0.15, 0.2) is 0 Å². The second-order valence-electron chi connectivity index (χ2n) is 4.68. The molecule has 1 heterocycles. The molecule has 1 nitrogen and oxygen atoms in total. The predicted molar refractivity (Wildman–Crippen MR) is 89.6 cm³/mol. The molecule has 0 spiro atoms. The number of aliphatic hydroxyl groups is 1. The van der Waals surface area contributed by atoms with Gasteiger partial charge in [-0.3, -0.25) is 0 Å². The lowest BCUT2D eigenvalue weighted by Gasteiger charge is -2.08. The number of aliphatic hydroxyl groups excluding tert-OH is 1. The van der Waals surface area contributed by atoms with E-state index in [0.717, 1.165) is 20.5 Å². The quantitative estimate of drug-likeness (QED) is 0.621. The number of hydrogen-bond acceptors (Lipinski definition) is 2. The molecule has 0 aliphatic rings. The molecular formula is C16H12FIOS. The normalized spacial score (nSPS) is 12.8. The van der Waals surface area contributed by atoms with E-state index in [-0.39, 0.29) is 5.82 Å². The smallest absolute Gasteiger partial charge is 0.123 e. The Morgan fingerprint density at radius 3 is 2.60 bits per heavy atom. The third-order valence-electron chi connectivity index (χ3n) is 3.17. The first-order valence-electron chi connectivity index (χ1n) is 6.23. The van der Waals surface area contributed by atoms with E-state index in [4.69, 9.17) is 0 Å². The average Bonchev–Trinajstić information content (AvgIpc) is 2.84. The molecular weight excluding hydrogens is 386 g/mol. The Hall–Kier alpha value is -0.980. The van der Waals surface area contributed by atoms with Crippen molar-refractivity contribution in [2.75, 3.05) is 0 Å². The van der Waals surface area contributed by atoms with Crippen molar-refractivity contribution in [3.05, 3.63) is 68.4 Å². The van der Waals surface area contributed by atoms with Gasteiger partial charge < -0.3 is 5.11 Å². The lowest BCUT2D eigenvalue weighted by molar-refractivity contribution is 0.182. The largest absolute Gasteiger partial charge is 0.387 e. The highest BCUT2D eigenvalue weighted by molar-refractivity contribution is 14.1. The summed E-state index contributed by atoms with van der Waals surface area (Å²) >= 11 is 3.78. The third kappa shape index (κ3) is 3.02. The summed E-state index contributed by atoms with van der Waals surface area (Å²) in [5, 5.41) is 11.2. The molecule has 0 aliphatic carbocycles. The zero-order valence-electron chi connectivity index (χ0n) is 10.5. The average molecular weight is 398 g/mol. The number of rotatable bonds is 3. The van der Waals surface area contributed by atoms with Crippen molar-refractivity contribution in [2.24, 2.45) is 0 Å². The van der Waals surface area contributed by atoms with Gasteiger partial charge in [-0.15, -0.1) is 11.3 Å². The minimum atomic E-state index is -0.546. The van der Waals surface area contributed by atoms with Crippen LogP contribution in [0.2, 0.25) is 0 Å². The molecule has 1 aromatic heterocycles. The Bertz CT molecular complexity index is 736. The van der Waals surface area contributed by atoms with E-state index in [1.807, 2.05) is 30.3 Å². The molecule has 102 valence electrons. The zero-order valence-corrected chi connectivity index (χ0v) is 13.5. The number of fused-ring (bicyclic) bond motifs is 1. The van der Waals surface area contributed by atoms with E-state index >= 15 is 0 Å². The van der Waals surface area contributed by atoms with Crippen molar-refractivity contribution in [3.63, 3.8) is 0 Å². The Morgan fingerprint density at radius 1 is 1.10 bits per heavy atom. The second-order valence-corrected chi connectivity index (χ2v) is 7.04. The topological polar surface area (TPSA) is 20.2 Å². The summed E-state index contributed by atoms with van der Waals surface area (Å²) in [6.45, 7) is 0. The molecule has 3 rings (SSSR count). The minimum Gasteiger partial charge on any atom is -0.387 e. The minimum absolute atomic E-state index is 0.242. The summed E-state index contributed by atoms with van der Waals surface area (Å²) in [7, 11) is 0. The molecule has 20 heavy (non-hydrogen) atoms. The second kappa shape index (κ2) is 5.79. The fourth-order valence-electron chi connectivity index (χ4n) is 2.14. The third-order valence-corrected chi connectivity index (χ3v) is 5.10. The summed E-state index contributed by atoms with van der Waals surface area (Å²) in [6, 6.07) is 14.7. The van der Waals surface area contributed by atoms with Crippen molar-refractivity contribution >= 4 is 44.0 Å². The van der Waals surface area contributed by atoms with Crippen LogP contribution in [-0.4, -0.2) is 5.11 Å². The zero-order chi connectivity index (χ0) is 14.1. The lowest BCUT2D eigenvalue weighted by Crippen LogP contribution is -1.99. The van der Waals surface area contributed by atoms with Gasteiger partial charge >= 0.3 is 0 Å². The van der Waals surface area contributed by atoms with Crippen LogP contribution in [0.25, 0.3) is 10.1 Å². The van der Waals surface area contributed by atoms with Crippen LogP contribution in [-0.2, 0) is 6.42 Å². The van der Waals surface area contributed by atoms with Gasteiger partial charge in [-0.1, -0.05) is 12.1 Å². The predicted octanol–water partition coefficient (Wildman–Crippen LogP) is 4.92. The van der Waals surface area contributed by atoms with Crippen LogP contribution in [0.1, 0.15) is 16.5 Å². The van der Waals surface area contributed by atoms with Crippen molar-refractivity contribution in [1.29, 1.82) is 0 Å². The van der Waals surface area contributed by atoms with E-state index in [0.29, 0.717) is 6.42 Å². The maximum Gasteiger partial charge on any atom is 0.123 e. The van der Waals surface area contributed by atoms with E-state index < -0.39 is 6.10 Å². The first kappa shape index (κ1) is 14.0. The summed E-state index contributed by atoms with van der Waals surface area (Å²) in [6.07, 6.45) is 0.0298. The molecule has 0 saturated carbocycles. The van der Waals surface area contributed by atoms with Crippen LogP contribution in [0.15, 0.2) is 48.5 Å². The first-order valence-corrected chi connectivity index (χ1v) is 8.13. The van der Waals surface area contributed by atoms with Crippen LogP contribution < -0.4 is 0 Å². The van der Waals surface area contributed by atoms with Gasteiger partial charge in [0.2, 0.25) is 0 Å². The van der Waals surface area contributed by atoms with Gasteiger partial charge in [-0.05, 0) is 69.9 Å². The Kier molecular flexibility index (Phi) is 4.05. The Labute approximate surface area is 134 Å². The monoisotopic (exact) mass is 398 g/mol. The molecule has 4 heteroatoms. The van der Waals surface area contributed by atoms with Gasteiger partial charge in [-0.25, -0.2) is 4.39 Å². The van der Waals surface area contributed by atoms with Gasteiger partial charge in [0.1, 0.15) is 5.82 Å². The van der Waals surface area contributed by atoms with E-state index in [2.05, 4.69) is 22.6 Å². The Morgan fingerprint density at radius 2 is 1.85 bits per heavy atom. The van der Waals surface area contributed by atoms with Crippen LogP contribution in [0.4, 0.5) is 4.39 Å². The first-order chi connectivity index (χ1) is 9.61. The van der Waals surface area contributed by atoms with Crippen LogP contribution in [0.5, 0.6) is 0 Å². The summed E-state index contributed by atoms with van der Waals surface area (Å²) < 4.78 is 15.4. The van der Waals surface area contributed by atoms with Crippen molar-refractivity contribution in [1.82, 2.24) is 0 Å². The van der Waals surface area contributed by atoms with Crippen molar-refractivity contribution in [2.45, 2.75) is 12.5 Å². The molecule has 0 saturated heterocycles. The highest BCUT2D eigenvalue weighted by Gasteiger charge is 2.12. The molecule has 2 aromatic carbocycles. The van der Waals surface area contributed by atoms with Crippen molar-refractivity contribution in [3.8, 4) is 0 Å². The molecule has 0 bridgehead atoms. The van der Waals surface area contributed by atoms with Crippen LogP contribution in [0, 0.1) is 9.39 Å². The van der Waals surface area contributed by atoms with E-state index in [1.54, 1.807) is 6.07 Å². The lowest BCUT2D eigenvalue weighted by atomic mass is 10.1. The van der Waals surface area contributed by atoms with Gasteiger partial charge in [0.25, 0.3) is 0 Å².